The highest BCUT2D eigenvalue weighted by atomic mass is 16.5. The predicted octanol–water partition coefficient (Wildman–Crippen LogP) is 3.18. The van der Waals surface area contributed by atoms with E-state index >= 15 is 0 Å². The maximum Gasteiger partial charge on any atom is 0.325 e. The Morgan fingerprint density at radius 2 is 1.70 bits per heavy atom. The third-order valence-corrected chi connectivity index (χ3v) is 4.44. The summed E-state index contributed by atoms with van der Waals surface area (Å²) in [6.07, 6.45) is 1.85. The van der Waals surface area contributed by atoms with Gasteiger partial charge in [-0.3, -0.25) is 9.69 Å². The molecule has 1 aliphatic rings. The van der Waals surface area contributed by atoms with Crippen molar-refractivity contribution in [1.82, 2.24) is 10.2 Å². The van der Waals surface area contributed by atoms with Crippen LogP contribution >= 0.6 is 0 Å². The number of aryl methyl sites for hydroxylation is 2. The predicted molar refractivity (Wildman–Crippen MR) is 89.6 cm³/mol. The first-order chi connectivity index (χ1) is 10.9. The van der Waals surface area contributed by atoms with E-state index in [4.69, 9.17) is 4.74 Å². The van der Waals surface area contributed by atoms with Gasteiger partial charge >= 0.3 is 6.03 Å². The minimum atomic E-state index is -0.717. The average Bonchev–Trinajstić information content (AvgIpc) is 2.74. The molecule has 1 aromatic carbocycles. The first-order valence-corrected chi connectivity index (χ1v) is 8.27. The molecule has 1 saturated heterocycles. The minimum Gasteiger partial charge on any atom is -0.494 e. The van der Waals surface area contributed by atoms with Gasteiger partial charge in [0.05, 0.1) is 6.61 Å². The van der Waals surface area contributed by atoms with Crippen molar-refractivity contribution in [3.05, 3.63) is 29.3 Å². The summed E-state index contributed by atoms with van der Waals surface area (Å²) < 4.78 is 5.73. The number of ether oxygens (including phenoxy) is 1. The molecule has 23 heavy (non-hydrogen) atoms. The van der Waals surface area contributed by atoms with E-state index in [0.29, 0.717) is 32.4 Å². The molecule has 0 aromatic heterocycles. The van der Waals surface area contributed by atoms with Gasteiger partial charge in [-0.2, -0.15) is 0 Å². The Bertz CT molecular complexity index is 574. The maximum atomic E-state index is 12.5. The first-order valence-electron chi connectivity index (χ1n) is 8.27. The highest BCUT2D eigenvalue weighted by molar-refractivity contribution is 6.06. The van der Waals surface area contributed by atoms with E-state index < -0.39 is 5.54 Å². The van der Waals surface area contributed by atoms with Gasteiger partial charge in [0.1, 0.15) is 11.3 Å². The molecular weight excluding hydrogens is 292 g/mol. The molecule has 126 valence electrons. The highest BCUT2D eigenvalue weighted by Crippen LogP contribution is 2.25. The third-order valence-electron chi connectivity index (χ3n) is 4.44. The van der Waals surface area contributed by atoms with Crippen molar-refractivity contribution < 1.29 is 14.3 Å². The molecule has 1 N–H and O–H groups in total. The van der Waals surface area contributed by atoms with Crippen LogP contribution in [0, 0.1) is 13.8 Å². The number of imide groups is 1. The topological polar surface area (TPSA) is 58.6 Å². The fourth-order valence-electron chi connectivity index (χ4n) is 3.04. The zero-order chi connectivity index (χ0) is 17.0. The van der Waals surface area contributed by atoms with Crippen LogP contribution in [-0.2, 0) is 4.79 Å². The Balaban J connectivity index is 1.87. The average molecular weight is 318 g/mol. The number of hydrogen-bond donors (Lipinski definition) is 1. The lowest BCUT2D eigenvalue weighted by Crippen LogP contribution is -2.45. The lowest BCUT2D eigenvalue weighted by atomic mass is 9.93. The molecule has 0 radical (unpaired) electrons. The molecule has 1 aromatic rings. The lowest BCUT2D eigenvalue weighted by Gasteiger charge is -2.23. The number of hydrogen-bond acceptors (Lipinski definition) is 3. The molecule has 5 nitrogen and oxygen atoms in total. The van der Waals surface area contributed by atoms with Gasteiger partial charge in [0, 0.05) is 6.54 Å². The SMILES string of the molecule is CCC1(CC)NC(=O)N(CCCOc2cc(C)cc(C)c2)C1=O. The Morgan fingerprint density at radius 1 is 1.09 bits per heavy atom. The van der Waals surface area contributed by atoms with Crippen LogP contribution in [0.4, 0.5) is 4.79 Å². The number of nitrogens with zero attached hydrogens (tertiary/aromatic N) is 1. The zero-order valence-corrected chi connectivity index (χ0v) is 14.4. The van der Waals surface area contributed by atoms with Crippen LogP contribution in [0.15, 0.2) is 18.2 Å². The van der Waals surface area contributed by atoms with Crippen LogP contribution in [-0.4, -0.2) is 35.5 Å². The van der Waals surface area contributed by atoms with E-state index in [1.165, 1.54) is 4.90 Å². The van der Waals surface area contributed by atoms with Crippen molar-refractivity contribution in [3.63, 3.8) is 0 Å². The maximum absolute atomic E-state index is 12.5. The van der Waals surface area contributed by atoms with Gasteiger partial charge in [-0.15, -0.1) is 0 Å². The second kappa shape index (κ2) is 7.02. The molecule has 0 atom stereocenters. The fraction of sp³-hybridized carbons (Fsp3) is 0.556. The van der Waals surface area contributed by atoms with Crippen LogP contribution < -0.4 is 10.1 Å². The fourth-order valence-corrected chi connectivity index (χ4v) is 3.04. The molecule has 0 saturated carbocycles. The summed E-state index contributed by atoms with van der Waals surface area (Å²) in [4.78, 5) is 25.8. The van der Waals surface area contributed by atoms with E-state index in [9.17, 15) is 9.59 Å². The van der Waals surface area contributed by atoms with Gasteiger partial charge in [0.25, 0.3) is 5.91 Å². The molecule has 0 spiro atoms. The Hall–Kier alpha value is -2.04. The summed E-state index contributed by atoms with van der Waals surface area (Å²) in [5.41, 5.74) is 1.60. The number of carbonyl (C=O) groups excluding carboxylic acids is 2. The van der Waals surface area contributed by atoms with Crippen LogP contribution in [0.5, 0.6) is 5.75 Å². The second-order valence-electron chi connectivity index (χ2n) is 6.20. The van der Waals surface area contributed by atoms with E-state index in [1.54, 1.807) is 0 Å². The monoisotopic (exact) mass is 318 g/mol. The molecule has 0 unspecified atom stereocenters. The Morgan fingerprint density at radius 3 is 2.22 bits per heavy atom. The first kappa shape index (κ1) is 17.3. The number of benzene rings is 1. The van der Waals surface area contributed by atoms with Crippen molar-refractivity contribution in [2.45, 2.75) is 52.5 Å². The summed E-state index contributed by atoms with van der Waals surface area (Å²) in [6.45, 7) is 8.77. The van der Waals surface area contributed by atoms with Gasteiger partial charge in [-0.05, 0) is 56.4 Å². The van der Waals surface area contributed by atoms with Crippen LogP contribution in [0.25, 0.3) is 0 Å². The quantitative estimate of drug-likeness (QED) is 0.620. The Labute approximate surface area is 138 Å². The molecule has 1 aliphatic heterocycles. The summed E-state index contributed by atoms with van der Waals surface area (Å²) >= 11 is 0. The van der Waals surface area contributed by atoms with Crippen molar-refractivity contribution in [2.24, 2.45) is 0 Å². The number of amides is 3. The number of urea groups is 1. The van der Waals surface area contributed by atoms with E-state index in [0.717, 1.165) is 16.9 Å². The summed E-state index contributed by atoms with van der Waals surface area (Å²) in [5.74, 6) is 0.718. The molecule has 1 fully saturated rings. The smallest absolute Gasteiger partial charge is 0.325 e. The van der Waals surface area contributed by atoms with E-state index in [-0.39, 0.29) is 11.9 Å². The van der Waals surface area contributed by atoms with E-state index in [1.807, 2.05) is 39.8 Å². The molecule has 0 bridgehead atoms. The largest absolute Gasteiger partial charge is 0.494 e. The molecule has 3 amide bonds. The normalized spacial score (nSPS) is 16.6. The van der Waals surface area contributed by atoms with Crippen molar-refractivity contribution >= 4 is 11.9 Å². The van der Waals surface area contributed by atoms with Crippen molar-refractivity contribution in [3.8, 4) is 5.75 Å². The van der Waals surface area contributed by atoms with Gasteiger partial charge in [0.2, 0.25) is 0 Å². The van der Waals surface area contributed by atoms with Gasteiger partial charge in [0.15, 0.2) is 0 Å². The number of rotatable bonds is 7. The molecule has 0 aliphatic carbocycles. The summed E-state index contributed by atoms with van der Waals surface area (Å²) in [7, 11) is 0. The van der Waals surface area contributed by atoms with Gasteiger partial charge in [-0.1, -0.05) is 19.9 Å². The zero-order valence-electron chi connectivity index (χ0n) is 14.4. The van der Waals surface area contributed by atoms with Crippen LogP contribution in [0.1, 0.15) is 44.2 Å². The molecule has 2 rings (SSSR count). The summed E-state index contributed by atoms with van der Waals surface area (Å²) in [6, 6.07) is 5.78. The van der Waals surface area contributed by atoms with Crippen LogP contribution in [0.2, 0.25) is 0 Å². The second-order valence-corrected chi connectivity index (χ2v) is 6.20. The number of carbonyl (C=O) groups is 2. The standard InChI is InChI=1S/C18H26N2O3/c1-5-18(6-2)16(21)20(17(22)19-18)8-7-9-23-15-11-13(3)10-14(4)12-15/h10-12H,5-9H2,1-4H3,(H,19,22). The van der Waals surface area contributed by atoms with Gasteiger partial charge < -0.3 is 10.1 Å². The van der Waals surface area contributed by atoms with E-state index in [2.05, 4.69) is 11.4 Å². The molecular formula is C18H26N2O3. The van der Waals surface area contributed by atoms with Crippen molar-refractivity contribution in [1.29, 1.82) is 0 Å². The van der Waals surface area contributed by atoms with Gasteiger partial charge in [-0.25, -0.2) is 4.79 Å². The van der Waals surface area contributed by atoms with Crippen molar-refractivity contribution in [2.75, 3.05) is 13.2 Å². The minimum absolute atomic E-state index is 0.112. The lowest BCUT2D eigenvalue weighted by molar-refractivity contribution is -0.131. The molecule has 5 heteroatoms. The van der Waals surface area contributed by atoms with Crippen LogP contribution in [0.3, 0.4) is 0 Å². The molecule has 1 heterocycles. The summed E-state index contributed by atoms with van der Waals surface area (Å²) in [5, 5.41) is 2.84. The third kappa shape index (κ3) is 3.66. The Kier molecular flexibility index (Phi) is 5.29. The highest BCUT2D eigenvalue weighted by Gasteiger charge is 2.48. The number of nitrogens with one attached hydrogen (secondary N) is 1.